The maximum absolute atomic E-state index is 13.4. The van der Waals surface area contributed by atoms with Crippen LogP contribution < -0.4 is 10.8 Å². The van der Waals surface area contributed by atoms with Crippen LogP contribution in [-0.4, -0.2) is 17.7 Å². The van der Waals surface area contributed by atoms with Crippen molar-refractivity contribution in [2.24, 2.45) is 23.2 Å². The minimum Gasteiger partial charge on any atom is -0.312 e. The van der Waals surface area contributed by atoms with E-state index in [1.54, 1.807) is 0 Å². The molecule has 0 unspecified atom stereocenters. The summed E-state index contributed by atoms with van der Waals surface area (Å²) in [6.07, 6.45) is 2.89. The number of hydrogen-bond donors (Lipinski definition) is 3. The first-order valence-corrected chi connectivity index (χ1v) is 9.64. The number of amides is 1. The van der Waals surface area contributed by atoms with Crippen LogP contribution in [0.2, 0.25) is 0 Å². The van der Waals surface area contributed by atoms with Gasteiger partial charge in [-0.3, -0.25) is 10.0 Å². The summed E-state index contributed by atoms with van der Waals surface area (Å²) in [5, 5.41) is 12.1. The molecule has 4 fully saturated rings. The van der Waals surface area contributed by atoms with Crippen molar-refractivity contribution in [3.8, 4) is 0 Å². The zero-order valence-corrected chi connectivity index (χ0v) is 15.1. The predicted octanol–water partition coefficient (Wildman–Crippen LogP) is 4.13. The molecular weight excluding hydrogens is 357 g/mol. The summed E-state index contributed by atoms with van der Waals surface area (Å²) in [6, 6.07) is 3.48. The second-order valence-electron chi connectivity index (χ2n) is 8.79. The summed E-state index contributed by atoms with van der Waals surface area (Å²) in [5.74, 6) is 1.40. The Kier molecular flexibility index (Phi) is 4.71. The van der Waals surface area contributed by atoms with Gasteiger partial charge in [0.25, 0.3) is 5.91 Å². The van der Waals surface area contributed by atoms with E-state index in [1.165, 1.54) is 36.9 Å². The Morgan fingerprint density at radius 2 is 1.70 bits per heavy atom. The highest BCUT2D eigenvalue weighted by atomic mass is 19.4. The van der Waals surface area contributed by atoms with Gasteiger partial charge < -0.3 is 5.32 Å². The first-order valence-electron chi connectivity index (χ1n) is 9.64. The molecule has 27 heavy (non-hydrogen) atoms. The van der Waals surface area contributed by atoms with Gasteiger partial charge in [0.1, 0.15) is 0 Å². The Bertz CT molecular complexity index is 697. The van der Waals surface area contributed by atoms with Crippen LogP contribution in [0.3, 0.4) is 0 Å². The average Bonchev–Trinajstić information content (AvgIpc) is 2.59. The van der Waals surface area contributed by atoms with Crippen molar-refractivity contribution in [1.29, 1.82) is 0 Å². The third-order valence-electron chi connectivity index (χ3n) is 6.79. The molecule has 0 atom stereocenters. The highest BCUT2D eigenvalue weighted by Gasteiger charge is 2.50. The van der Waals surface area contributed by atoms with E-state index in [-0.39, 0.29) is 23.1 Å². The monoisotopic (exact) mass is 382 g/mol. The van der Waals surface area contributed by atoms with Gasteiger partial charge in [0.05, 0.1) is 5.56 Å². The predicted molar refractivity (Wildman–Crippen MR) is 93.0 cm³/mol. The van der Waals surface area contributed by atoms with Crippen molar-refractivity contribution >= 4 is 5.91 Å². The number of carbonyl (C=O) groups is 1. The Morgan fingerprint density at radius 3 is 2.22 bits per heavy atom. The first-order chi connectivity index (χ1) is 12.8. The molecule has 4 aliphatic carbocycles. The van der Waals surface area contributed by atoms with Crippen molar-refractivity contribution in [3.63, 3.8) is 0 Å². The van der Waals surface area contributed by atoms with Crippen molar-refractivity contribution in [2.75, 3.05) is 6.54 Å². The lowest BCUT2D eigenvalue weighted by atomic mass is 9.49. The smallest absolute Gasteiger partial charge is 0.312 e. The number of hydroxylamine groups is 1. The van der Waals surface area contributed by atoms with E-state index in [1.807, 2.05) is 0 Å². The Morgan fingerprint density at radius 1 is 1.11 bits per heavy atom. The van der Waals surface area contributed by atoms with Crippen LogP contribution in [0.15, 0.2) is 18.2 Å². The zero-order valence-electron chi connectivity index (χ0n) is 15.1. The van der Waals surface area contributed by atoms with Crippen LogP contribution >= 0.6 is 0 Å². The summed E-state index contributed by atoms with van der Waals surface area (Å²) in [5.41, 5.74) is 0.557. The average molecular weight is 382 g/mol. The quantitative estimate of drug-likeness (QED) is 0.530. The molecule has 4 bridgehead atoms. The lowest BCUT2D eigenvalue weighted by molar-refractivity contribution is -0.138. The molecule has 4 nitrogen and oxygen atoms in total. The summed E-state index contributed by atoms with van der Waals surface area (Å²) in [7, 11) is 0. The minimum absolute atomic E-state index is 0.0415. The lowest BCUT2D eigenvalue weighted by Gasteiger charge is -2.57. The van der Waals surface area contributed by atoms with E-state index in [0.29, 0.717) is 6.54 Å². The van der Waals surface area contributed by atoms with Crippen LogP contribution in [0.1, 0.15) is 60.0 Å². The van der Waals surface area contributed by atoms with Crippen molar-refractivity contribution < 1.29 is 23.2 Å². The number of hydrogen-bond acceptors (Lipinski definition) is 3. The standard InChI is InChI=1S/C20H25F3N2O2/c21-20(22,23)17-3-1-2-15(18(26)25-27)16(17)10-24-11-19-7-12-4-13(8-19)6-14(5-12)9-19/h1-3,12-14,24,27H,4-11H2,(H,25,26). The normalized spacial score (nSPS) is 31.9. The third-order valence-corrected chi connectivity index (χ3v) is 6.79. The number of carbonyl (C=O) groups excluding carboxylic acids is 1. The van der Waals surface area contributed by atoms with E-state index in [4.69, 9.17) is 5.21 Å². The van der Waals surface area contributed by atoms with Gasteiger partial charge in [0.15, 0.2) is 0 Å². The molecule has 0 aromatic heterocycles. The molecule has 0 heterocycles. The molecule has 4 aliphatic rings. The summed E-state index contributed by atoms with van der Waals surface area (Å²) >= 11 is 0. The van der Waals surface area contributed by atoms with Gasteiger partial charge in [0.2, 0.25) is 0 Å². The molecule has 3 N–H and O–H groups in total. The van der Waals surface area contributed by atoms with Gasteiger partial charge in [-0.25, -0.2) is 5.48 Å². The van der Waals surface area contributed by atoms with Crippen molar-refractivity contribution in [2.45, 2.75) is 51.2 Å². The van der Waals surface area contributed by atoms with Crippen LogP contribution in [-0.2, 0) is 12.7 Å². The third kappa shape index (κ3) is 3.59. The van der Waals surface area contributed by atoms with Crippen LogP contribution in [0.4, 0.5) is 13.2 Å². The lowest BCUT2D eigenvalue weighted by Crippen LogP contribution is -2.50. The zero-order chi connectivity index (χ0) is 19.2. The van der Waals surface area contributed by atoms with Crippen LogP contribution in [0, 0.1) is 23.2 Å². The molecule has 0 saturated heterocycles. The fraction of sp³-hybridized carbons (Fsp3) is 0.650. The molecule has 7 heteroatoms. The highest BCUT2D eigenvalue weighted by molar-refractivity contribution is 5.95. The maximum atomic E-state index is 13.4. The Balaban J connectivity index is 1.52. The molecule has 1 aromatic rings. The molecule has 0 radical (unpaired) electrons. The molecule has 0 aliphatic heterocycles. The van der Waals surface area contributed by atoms with Crippen LogP contribution in [0.5, 0.6) is 0 Å². The second-order valence-corrected chi connectivity index (χ2v) is 8.79. The number of halogens is 3. The molecule has 4 saturated carbocycles. The number of nitrogens with one attached hydrogen (secondary N) is 2. The SMILES string of the molecule is O=C(NO)c1cccc(C(F)(F)F)c1CNCC12CC3CC(CC(C3)C1)C2. The van der Waals surface area contributed by atoms with Crippen molar-refractivity contribution in [3.05, 3.63) is 34.9 Å². The summed E-state index contributed by atoms with van der Waals surface area (Å²) in [6.45, 7) is 0.642. The number of rotatable bonds is 5. The largest absolute Gasteiger partial charge is 0.416 e. The summed E-state index contributed by atoms with van der Waals surface area (Å²) in [4.78, 5) is 11.8. The van der Waals surface area contributed by atoms with Gasteiger partial charge >= 0.3 is 6.18 Å². The van der Waals surface area contributed by atoms with Gasteiger partial charge in [-0.1, -0.05) is 6.07 Å². The van der Waals surface area contributed by atoms with E-state index in [2.05, 4.69) is 5.32 Å². The Labute approximate surface area is 156 Å². The molecule has 5 rings (SSSR count). The molecule has 0 spiro atoms. The van der Waals surface area contributed by atoms with E-state index in [9.17, 15) is 18.0 Å². The van der Waals surface area contributed by atoms with Gasteiger partial charge in [-0.05, 0) is 79.4 Å². The van der Waals surface area contributed by atoms with Gasteiger partial charge in [-0.2, -0.15) is 13.2 Å². The minimum atomic E-state index is -4.55. The van der Waals surface area contributed by atoms with Crippen molar-refractivity contribution in [1.82, 2.24) is 10.8 Å². The number of alkyl halides is 3. The summed E-state index contributed by atoms with van der Waals surface area (Å²) < 4.78 is 40.2. The van der Waals surface area contributed by atoms with Gasteiger partial charge in [0, 0.05) is 18.7 Å². The molecule has 148 valence electrons. The van der Waals surface area contributed by atoms with Gasteiger partial charge in [-0.15, -0.1) is 0 Å². The fourth-order valence-corrected chi connectivity index (χ4v) is 6.27. The maximum Gasteiger partial charge on any atom is 0.416 e. The van der Waals surface area contributed by atoms with E-state index >= 15 is 0 Å². The van der Waals surface area contributed by atoms with Crippen LogP contribution in [0.25, 0.3) is 0 Å². The molecule has 1 amide bonds. The van der Waals surface area contributed by atoms with E-state index < -0.39 is 17.6 Å². The molecule has 1 aromatic carbocycles. The highest BCUT2D eigenvalue weighted by Crippen LogP contribution is 2.59. The first kappa shape index (κ1) is 18.7. The second kappa shape index (κ2) is 6.78. The number of benzene rings is 1. The fourth-order valence-electron chi connectivity index (χ4n) is 6.27. The molecular formula is C20H25F3N2O2. The topological polar surface area (TPSA) is 61.4 Å². The Hall–Kier alpha value is -1.60. The van der Waals surface area contributed by atoms with E-state index in [0.717, 1.165) is 43.1 Å².